The van der Waals surface area contributed by atoms with Crippen LogP contribution in [0.5, 0.6) is 0 Å². The second-order valence-electron chi connectivity index (χ2n) is 4.39. The molecule has 0 saturated carbocycles. The molecule has 2 aromatic rings. The van der Waals surface area contributed by atoms with E-state index in [9.17, 15) is 0 Å². The van der Waals surface area contributed by atoms with Gasteiger partial charge in [-0.25, -0.2) is 0 Å². The molecule has 0 bridgehead atoms. The van der Waals surface area contributed by atoms with Gasteiger partial charge in [0.1, 0.15) is 0 Å². The second-order valence-corrected chi connectivity index (χ2v) is 5.02. The number of hydrogen-bond donors (Lipinski definition) is 2. The molecule has 21 heavy (non-hydrogen) atoms. The predicted molar refractivity (Wildman–Crippen MR) is 85.5 cm³/mol. The van der Waals surface area contributed by atoms with E-state index in [0.29, 0.717) is 12.3 Å². The Kier molecular flexibility index (Phi) is 5.77. The topological polar surface area (TPSA) is 47.3 Å². The van der Waals surface area contributed by atoms with Crippen LogP contribution in [0.1, 0.15) is 12.5 Å². The van der Waals surface area contributed by atoms with Gasteiger partial charge in [0.2, 0.25) is 0 Å². The number of para-hydroxylation sites is 2. The number of benzene rings is 2. The summed E-state index contributed by atoms with van der Waals surface area (Å²) in [7, 11) is 0. The third kappa shape index (κ3) is 4.58. The van der Waals surface area contributed by atoms with E-state index in [-0.39, 0.29) is 0 Å². The van der Waals surface area contributed by atoms with Crippen LogP contribution in [0, 0.1) is 0 Å². The van der Waals surface area contributed by atoms with Crippen molar-refractivity contribution in [1.82, 2.24) is 0 Å². The number of ether oxygens (including phenoxy) is 1. The Morgan fingerprint density at radius 1 is 1.14 bits per heavy atom. The van der Waals surface area contributed by atoms with Gasteiger partial charge in [-0.1, -0.05) is 0 Å². The summed E-state index contributed by atoms with van der Waals surface area (Å²) in [5.41, 5.74) is 9.57. The van der Waals surface area contributed by atoms with Gasteiger partial charge in [0, 0.05) is 0 Å². The third-order valence-corrected chi connectivity index (χ3v) is 3.23. The zero-order chi connectivity index (χ0) is 15.1. The third-order valence-electron chi connectivity index (χ3n) is 2.86. The van der Waals surface area contributed by atoms with Gasteiger partial charge in [-0.2, -0.15) is 0 Å². The molecule has 3 N–H and O–H groups in total. The number of anilines is 2. The van der Waals surface area contributed by atoms with Crippen molar-refractivity contribution in [1.29, 1.82) is 0 Å². The molecule has 3 nitrogen and oxygen atoms in total. The summed E-state index contributed by atoms with van der Waals surface area (Å²) in [6.07, 6.45) is 1.94. The van der Waals surface area contributed by atoms with Gasteiger partial charge in [0.15, 0.2) is 0 Å². The molecule has 0 fully saturated rings. The molecule has 0 spiro atoms. The molecule has 0 amide bonds. The molecular weight excluding hydrogens is 300 g/mol. The van der Waals surface area contributed by atoms with Crippen LogP contribution in [-0.4, -0.2) is 11.2 Å². The fourth-order valence-corrected chi connectivity index (χ4v) is 2.24. The zero-order valence-corrected chi connectivity index (χ0v) is 13.1. The summed E-state index contributed by atoms with van der Waals surface area (Å²) in [4.78, 5) is 0. The Morgan fingerprint density at radius 3 is 2.48 bits per heavy atom. The molecule has 0 heterocycles. The fourth-order valence-electron chi connectivity index (χ4n) is 1.87. The van der Waals surface area contributed by atoms with Crippen LogP contribution in [0.3, 0.4) is 0 Å². The Labute approximate surface area is 133 Å². The fraction of sp³-hybridized carbons (Fsp3) is 0.118. The van der Waals surface area contributed by atoms with E-state index in [1.165, 1.54) is 0 Å². The number of nitrogen functional groups attached to an aromatic ring is 1. The van der Waals surface area contributed by atoms with Gasteiger partial charge in [0.05, 0.1) is 0 Å². The molecule has 0 saturated heterocycles. The summed E-state index contributed by atoms with van der Waals surface area (Å²) in [6, 6.07) is 17.8. The van der Waals surface area contributed by atoms with Gasteiger partial charge in [-0.3, -0.25) is 0 Å². The quantitative estimate of drug-likeness (QED) is 0.802. The summed E-state index contributed by atoms with van der Waals surface area (Å²) in [5.74, 6) is 0. The predicted octanol–water partition coefficient (Wildman–Crippen LogP) is 3.44. The van der Waals surface area contributed by atoms with E-state index < -0.39 is 0 Å². The van der Waals surface area contributed by atoms with E-state index >= 15 is 0 Å². The Morgan fingerprint density at radius 2 is 1.81 bits per heavy atom. The minimum atomic E-state index is 0.619. The number of hydrogen-bond acceptors (Lipinski definition) is 3. The van der Waals surface area contributed by atoms with Crippen LogP contribution < -0.4 is 11.1 Å². The van der Waals surface area contributed by atoms with Crippen molar-refractivity contribution < 1.29 is 20.6 Å². The Balaban J connectivity index is 2.33. The molecule has 2 aromatic carbocycles. The van der Waals surface area contributed by atoms with Crippen LogP contribution >= 0.6 is 0 Å². The normalized spacial score (nSPS) is 11.2. The maximum atomic E-state index is 6.00. The first kappa shape index (κ1) is 15.5. The van der Waals surface area contributed by atoms with Crippen LogP contribution in [0.15, 0.2) is 60.7 Å². The number of rotatable bonds is 6. The average molecular weight is 318 g/mol. The monoisotopic (exact) mass is 318 g/mol. The summed E-state index contributed by atoms with van der Waals surface area (Å²) >= 11 is 2.93. The van der Waals surface area contributed by atoms with Crippen molar-refractivity contribution in [3.63, 3.8) is 0 Å². The van der Waals surface area contributed by atoms with E-state index in [1.807, 2.05) is 67.6 Å². The maximum absolute atomic E-state index is 6.00. The van der Waals surface area contributed by atoms with Crippen molar-refractivity contribution >= 4 is 21.6 Å². The molecular formula is C17H18CrN2O. The molecule has 4 heteroatoms. The second kappa shape index (κ2) is 7.80. The summed E-state index contributed by atoms with van der Waals surface area (Å²) in [5, 5.41) is 3.37. The van der Waals surface area contributed by atoms with Crippen LogP contribution in [0.25, 0.3) is 5.70 Å². The van der Waals surface area contributed by atoms with Crippen molar-refractivity contribution in [2.24, 2.45) is 0 Å². The molecule has 2 rings (SSSR count). The van der Waals surface area contributed by atoms with Crippen molar-refractivity contribution in [3.05, 3.63) is 66.2 Å². The number of nitrogens with two attached hydrogens (primary N) is 1. The molecule has 108 valence electrons. The molecule has 0 aliphatic heterocycles. The molecule has 0 aliphatic rings. The van der Waals surface area contributed by atoms with Crippen molar-refractivity contribution in [3.8, 4) is 0 Å². The summed E-state index contributed by atoms with van der Waals surface area (Å²) in [6.45, 7) is 2.57. The van der Waals surface area contributed by atoms with Crippen molar-refractivity contribution in [2.75, 3.05) is 17.7 Å². The van der Waals surface area contributed by atoms with Crippen LogP contribution in [-0.2, 0) is 20.6 Å². The van der Waals surface area contributed by atoms with Gasteiger partial charge >= 0.3 is 133 Å². The summed E-state index contributed by atoms with van der Waals surface area (Å²) < 4.78 is 6.21. The molecule has 0 atom stereocenters. The SMILES string of the molecule is CCO[C](=[Cr])/C=C(\Nc1ccccc1N)c1ccccc1. The van der Waals surface area contributed by atoms with Crippen molar-refractivity contribution in [2.45, 2.75) is 6.92 Å². The zero-order valence-electron chi connectivity index (χ0n) is 11.9. The van der Waals surface area contributed by atoms with E-state index in [0.717, 1.165) is 21.5 Å². The van der Waals surface area contributed by atoms with Crippen LogP contribution in [0.4, 0.5) is 11.4 Å². The standard InChI is InChI=1S/C17H18N2O.Cr/c1-2-20-13-12-16(14-8-4-3-5-9-14)19-17-11-7-6-10-15(17)18;/h3-12,19H,2,18H2,1H3;/b16-12-;. The average Bonchev–Trinajstić information content (AvgIpc) is 2.50. The molecule has 0 aliphatic carbocycles. The Bertz CT molecular complexity index is 638. The first-order valence-corrected chi connectivity index (χ1v) is 7.40. The van der Waals surface area contributed by atoms with E-state index in [2.05, 4.69) is 21.2 Å². The van der Waals surface area contributed by atoms with Gasteiger partial charge in [0.25, 0.3) is 0 Å². The van der Waals surface area contributed by atoms with Gasteiger partial charge in [-0.05, 0) is 0 Å². The Hall–Kier alpha value is -1.86. The minimum absolute atomic E-state index is 0.619. The molecule has 0 aromatic heterocycles. The van der Waals surface area contributed by atoms with E-state index in [4.69, 9.17) is 10.5 Å². The molecule has 0 unspecified atom stereocenters. The first-order valence-electron chi connectivity index (χ1n) is 6.76. The van der Waals surface area contributed by atoms with E-state index in [1.54, 1.807) is 0 Å². The first-order chi connectivity index (χ1) is 10.2. The van der Waals surface area contributed by atoms with Gasteiger partial charge < -0.3 is 0 Å². The van der Waals surface area contributed by atoms with Crippen LogP contribution in [0.2, 0.25) is 0 Å². The van der Waals surface area contributed by atoms with Gasteiger partial charge in [-0.15, -0.1) is 0 Å². The number of nitrogens with one attached hydrogen (secondary N) is 1. The molecule has 0 radical (unpaired) electrons.